The third kappa shape index (κ3) is 3.29. The van der Waals surface area contributed by atoms with Gasteiger partial charge in [0.1, 0.15) is 0 Å². The molecule has 0 fully saturated rings. The first-order valence-corrected chi connectivity index (χ1v) is 7.30. The zero-order valence-electron chi connectivity index (χ0n) is 12.3. The van der Waals surface area contributed by atoms with Gasteiger partial charge in [0.15, 0.2) is 11.5 Å². The van der Waals surface area contributed by atoms with E-state index in [0.29, 0.717) is 0 Å². The molecular formula is C15H20N2O2S. The van der Waals surface area contributed by atoms with Gasteiger partial charge in [-0.15, -0.1) is 11.3 Å². The molecule has 0 aliphatic heterocycles. The van der Waals surface area contributed by atoms with Gasteiger partial charge in [0, 0.05) is 17.1 Å². The summed E-state index contributed by atoms with van der Waals surface area (Å²) >= 11 is 1.73. The maximum Gasteiger partial charge on any atom is 0.160 e. The van der Waals surface area contributed by atoms with Gasteiger partial charge in [0.05, 0.1) is 19.2 Å². The Balaban J connectivity index is 2.19. The molecule has 0 spiro atoms. The van der Waals surface area contributed by atoms with Crippen LogP contribution in [0.15, 0.2) is 24.4 Å². The third-order valence-electron chi connectivity index (χ3n) is 3.22. The number of rotatable bonds is 6. The Morgan fingerprint density at radius 2 is 2.00 bits per heavy atom. The Kier molecular flexibility index (Phi) is 4.98. The van der Waals surface area contributed by atoms with E-state index in [1.54, 1.807) is 25.6 Å². The molecule has 20 heavy (non-hydrogen) atoms. The highest BCUT2D eigenvalue weighted by molar-refractivity contribution is 7.11. The summed E-state index contributed by atoms with van der Waals surface area (Å²) in [6.07, 6.45) is 2.83. The molecule has 1 aromatic carbocycles. The SMILES string of the molecule is CNC(Cc1ccc(OC)c(OC)c1)c1cnc(C)s1. The molecule has 1 N–H and O–H groups in total. The van der Waals surface area contributed by atoms with E-state index in [1.807, 2.05) is 32.3 Å². The van der Waals surface area contributed by atoms with E-state index < -0.39 is 0 Å². The highest BCUT2D eigenvalue weighted by atomic mass is 32.1. The minimum atomic E-state index is 0.263. The van der Waals surface area contributed by atoms with Crippen molar-refractivity contribution in [3.05, 3.63) is 39.8 Å². The van der Waals surface area contributed by atoms with Crippen LogP contribution >= 0.6 is 11.3 Å². The minimum Gasteiger partial charge on any atom is -0.493 e. The molecule has 2 aromatic rings. The van der Waals surface area contributed by atoms with Crippen molar-refractivity contribution in [1.82, 2.24) is 10.3 Å². The molecule has 1 atom stereocenters. The van der Waals surface area contributed by atoms with E-state index in [0.717, 1.165) is 22.9 Å². The molecule has 0 radical (unpaired) electrons. The molecule has 1 heterocycles. The maximum absolute atomic E-state index is 5.35. The van der Waals surface area contributed by atoms with E-state index in [-0.39, 0.29) is 6.04 Å². The molecular weight excluding hydrogens is 272 g/mol. The number of nitrogens with zero attached hydrogens (tertiary/aromatic N) is 1. The summed E-state index contributed by atoms with van der Waals surface area (Å²) in [5.74, 6) is 1.52. The average molecular weight is 292 g/mol. The van der Waals surface area contributed by atoms with Gasteiger partial charge in [0.2, 0.25) is 0 Å². The molecule has 108 valence electrons. The molecule has 4 nitrogen and oxygen atoms in total. The van der Waals surface area contributed by atoms with Gasteiger partial charge in [-0.2, -0.15) is 0 Å². The molecule has 0 amide bonds. The monoisotopic (exact) mass is 292 g/mol. The van der Waals surface area contributed by atoms with Gasteiger partial charge in [-0.25, -0.2) is 4.98 Å². The predicted molar refractivity (Wildman–Crippen MR) is 81.9 cm³/mol. The number of ether oxygens (including phenoxy) is 2. The van der Waals surface area contributed by atoms with Crippen LogP contribution in [-0.4, -0.2) is 26.3 Å². The van der Waals surface area contributed by atoms with Gasteiger partial charge >= 0.3 is 0 Å². The van der Waals surface area contributed by atoms with Crippen molar-refractivity contribution in [3.63, 3.8) is 0 Å². The highest BCUT2D eigenvalue weighted by Crippen LogP contribution is 2.30. The maximum atomic E-state index is 5.35. The van der Waals surface area contributed by atoms with Crippen molar-refractivity contribution >= 4 is 11.3 Å². The van der Waals surface area contributed by atoms with E-state index in [2.05, 4.69) is 16.4 Å². The largest absolute Gasteiger partial charge is 0.493 e. The van der Waals surface area contributed by atoms with Crippen LogP contribution in [0.25, 0.3) is 0 Å². The molecule has 1 aromatic heterocycles. The van der Waals surface area contributed by atoms with E-state index >= 15 is 0 Å². The second kappa shape index (κ2) is 6.72. The quantitative estimate of drug-likeness (QED) is 0.889. The number of likely N-dealkylation sites (N-methyl/N-ethyl adjacent to an activating group) is 1. The number of hydrogen-bond acceptors (Lipinski definition) is 5. The van der Waals surface area contributed by atoms with Crippen LogP contribution in [0, 0.1) is 6.92 Å². The second-order valence-corrected chi connectivity index (χ2v) is 5.78. The normalized spacial score (nSPS) is 12.2. The lowest BCUT2D eigenvalue weighted by Gasteiger charge is -2.15. The molecule has 5 heteroatoms. The third-order valence-corrected chi connectivity index (χ3v) is 4.25. The standard InChI is InChI=1S/C15H20N2O2S/c1-10-17-9-15(20-10)12(16-2)7-11-5-6-13(18-3)14(8-11)19-4/h5-6,8-9,12,16H,7H2,1-4H3. The number of aryl methyl sites for hydroxylation is 1. The van der Waals surface area contributed by atoms with Crippen molar-refractivity contribution in [2.75, 3.05) is 21.3 Å². The fourth-order valence-electron chi connectivity index (χ4n) is 2.13. The van der Waals surface area contributed by atoms with Gasteiger partial charge in [0.25, 0.3) is 0 Å². The van der Waals surface area contributed by atoms with Gasteiger partial charge in [-0.3, -0.25) is 0 Å². The molecule has 1 unspecified atom stereocenters. The van der Waals surface area contributed by atoms with Crippen LogP contribution in [0.3, 0.4) is 0 Å². The molecule has 2 rings (SSSR count). The Morgan fingerprint density at radius 1 is 1.25 bits per heavy atom. The van der Waals surface area contributed by atoms with Gasteiger partial charge < -0.3 is 14.8 Å². The zero-order valence-corrected chi connectivity index (χ0v) is 13.1. The first-order valence-electron chi connectivity index (χ1n) is 6.48. The highest BCUT2D eigenvalue weighted by Gasteiger charge is 2.14. The summed E-state index contributed by atoms with van der Waals surface area (Å²) < 4.78 is 10.6. The van der Waals surface area contributed by atoms with Crippen LogP contribution in [-0.2, 0) is 6.42 Å². The van der Waals surface area contributed by atoms with Crippen molar-refractivity contribution in [2.45, 2.75) is 19.4 Å². The summed E-state index contributed by atoms with van der Waals surface area (Å²) in [6, 6.07) is 6.30. The van der Waals surface area contributed by atoms with Crippen molar-refractivity contribution in [2.24, 2.45) is 0 Å². The minimum absolute atomic E-state index is 0.263. The van der Waals surface area contributed by atoms with E-state index in [9.17, 15) is 0 Å². The van der Waals surface area contributed by atoms with E-state index in [1.165, 1.54) is 10.4 Å². The number of nitrogens with one attached hydrogen (secondary N) is 1. The molecule has 0 saturated carbocycles. The summed E-state index contributed by atoms with van der Waals surface area (Å²) in [7, 11) is 5.28. The van der Waals surface area contributed by atoms with Crippen LogP contribution in [0.5, 0.6) is 11.5 Å². The topological polar surface area (TPSA) is 43.4 Å². The molecule has 0 aliphatic carbocycles. The first kappa shape index (κ1) is 14.8. The lowest BCUT2D eigenvalue weighted by molar-refractivity contribution is 0.354. The smallest absolute Gasteiger partial charge is 0.160 e. The predicted octanol–water partition coefficient (Wildman–Crippen LogP) is 2.97. The summed E-state index contributed by atoms with van der Waals surface area (Å²) in [5, 5.41) is 4.43. The average Bonchev–Trinajstić information content (AvgIpc) is 2.90. The van der Waals surface area contributed by atoms with Crippen molar-refractivity contribution in [3.8, 4) is 11.5 Å². The molecule has 0 bridgehead atoms. The number of benzene rings is 1. The number of aromatic nitrogens is 1. The Labute approximate surface area is 123 Å². The lowest BCUT2D eigenvalue weighted by atomic mass is 10.0. The Bertz CT molecular complexity index is 569. The van der Waals surface area contributed by atoms with Gasteiger partial charge in [-0.1, -0.05) is 6.07 Å². The number of hydrogen-bond donors (Lipinski definition) is 1. The zero-order chi connectivity index (χ0) is 14.5. The number of methoxy groups -OCH3 is 2. The fourth-order valence-corrected chi connectivity index (χ4v) is 3.02. The van der Waals surface area contributed by atoms with Gasteiger partial charge in [-0.05, 0) is 38.1 Å². The van der Waals surface area contributed by atoms with Crippen LogP contribution in [0.2, 0.25) is 0 Å². The van der Waals surface area contributed by atoms with Crippen LogP contribution in [0.1, 0.15) is 21.5 Å². The Hall–Kier alpha value is -1.59. The van der Waals surface area contributed by atoms with Crippen LogP contribution < -0.4 is 14.8 Å². The molecule has 0 saturated heterocycles. The lowest BCUT2D eigenvalue weighted by Crippen LogP contribution is -2.17. The summed E-state index contributed by atoms with van der Waals surface area (Å²) in [4.78, 5) is 5.57. The number of thiazole rings is 1. The fraction of sp³-hybridized carbons (Fsp3) is 0.400. The summed E-state index contributed by atoms with van der Waals surface area (Å²) in [6.45, 7) is 2.03. The molecule has 0 aliphatic rings. The second-order valence-electron chi connectivity index (χ2n) is 4.52. The van der Waals surface area contributed by atoms with Crippen LogP contribution in [0.4, 0.5) is 0 Å². The van der Waals surface area contributed by atoms with Crippen molar-refractivity contribution in [1.29, 1.82) is 0 Å². The van der Waals surface area contributed by atoms with Crippen molar-refractivity contribution < 1.29 is 9.47 Å². The first-order chi connectivity index (χ1) is 9.67. The summed E-state index contributed by atoms with van der Waals surface area (Å²) in [5.41, 5.74) is 1.20. The van der Waals surface area contributed by atoms with E-state index in [4.69, 9.17) is 9.47 Å². The Morgan fingerprint density at radius 3 is 2.55 bits per heavy atom.